The Morgan fingerprint density at radius 2 is 1.82 bits per heavy atom. The topological polar surface area (TPSA) is 87.7 Å². The summed E-state index contributed by atoms with van der Waals surface area (Å²) in [6.45, 7) is 8.87. The molecule has 1 amide bonds. The van der Waals surface area contributed by atoms with Gasteiger partial charge in [0.15, 0.2) is 0 Å². The van der Waals surface area contributed by atoms with E-state index >= 15 is 0 Å². The highest BCUT2D eigenvalue weighted by atomic mass is 32.2. The van der Waals surface area contributed by atoms with E-state index < -0.39 is 15.6 Å². The summed E-state index contributed by atoms with van der Waals surface area (Å²) in [4.78, 5) is 13.7. The van der Waals surface area contributed by atoms with Crippen LogP contribution in [0.2, 0.25) is 0 Å². The van der Waals surface area contributed by atoms with Crippen molar-refractivity contribution in [2.45, 2.75) is 39.2 Å². The summed E-state index contributed by atoms with van der Waals surface area (Å²) < 4.78 is 29.6. The van der Waals surface area contributed by atoms with Gasteiger partial charge in [0.2, 0.25) is 10.0 Å². The molecular weight excluding hydrogens is 306 g/mol. The molecule has 22 heavy (non-hydrogen) atoms. The van der Waals surface area contributed by atoms with Crippen molar-refractivity contribution in [3.05, 3.63) is 0 Å². The Kier molecular flexibility index (Phi) is 7.08. The van der Waals surface area contributed by atoms with Crippen LogP contribution in [0.1, 0.15) is 33.6 Å². The minimum Gasteiger partial charge on any atom is -0.444 e. The normalized spacial score (nSPS) is 17.5. The Hall–Kier alpha value is -0.860. The Morgan fingerprint density at radius 3 is 2.32 bits per heavy atom. The molecule has 0 aliphatic carbocycles. The number of hydrogen-bond acceptors (Lipinski definition) is 5. The summed E-state index contributed by atoms with van der Waals surface area (Å²) in [6, 6.07) is 0. The first-order valence-corrected chi connectivity index (χ1v) is 9.59. The lowest BCUT2D eigenvalue weighted by atomic mass is 9.97. The van der Waals surface area contributed by atoms with Crippen molar-refractivity contribution in [3.8, 4) is 0 Å². The van der Waals surface area contributed by atoms with Gasteiger partial charge in [-0.3, -0.25) is 0 Å². The van der Waals surface area contributed by atoms with Gasteiger partial charge in [-0.25, -0.2) is 17.9 Å². The molecule has 1 rings (SSSR count). The van der Waals surface area contributed by atoms with Gasteiger partial charge < -0.3 is 15.0 Å². The van der Waals surface area contributed by atoms with E-state index in [0.29, 0.717) is 32.1 Å². The monoisotopic (exact) mass is 335 g/mol. The fourth-order valence-electron chi connectivity index (χ4n) is 2.28. The number of sulfonamides is 1. The van der Waals surface area contributed by atoms with Gasteiger partial charge >= 0.3 is 6.09 Å². The summed E-state index contributed by atoms with van der Waals surface area (Å²) in [6.07, 6.45) is 2.79. The molecule has 1 heterocycles. The van der Waals surface area contributed by atoms with Crippen LogP contribution in [0.15, 0.2) is 0 Å². The van der Waals surface area contributed by atoms with Crippen molar-refractivity contribution in [1.29, 1.82) is 0 Å². The summed E-state index contributed by atoms with van der Waals surface area (Å²) in [7, 11) is -3.11. The van der Waals surface area contributed by atoms with Crippen molar-refractivity contribution in [1.82, 2.24) is 14.9 Å². The summed E-state index contributed by atoms with van der Waals surface area (Å²) >= 11 is 0. The zero-order valence-corrected chi connectivity index (χ0v) is 14.8. The number of amides is 1. The standard InChI is InChI=1S/C14H29N3O4S/c1-14(2,3)21-13(18)17-9-5-12(6-10-17)11-15-7-8-16-22(4,19)20/h12,15-16H,5-11H2,1-4H3. The third-order valence-electron chi connectivity index (χ3n) is 3.37. The van der Waals surface area contributed by atoms with Gasteiger partial charge in [-0.05, 0) is 46.1 Å². The van der Waals surface area contributed by atoms with Gasteiger partial charge in [0.25, 0.3) is 0 Å². The average molecular weight is 335 g/mol. The molecule has 2 N–H and O–H groups in total. The zero-order valence-electron chi connectivity index (χ0n) is 14.0. The number of nitrogens with one attached hydrogen (secondary N) is 2. The molecule has 0 aromatic rings. The number of carbonyl (C=O) groups excluding carboxylic acids is 1. The van der Waals surface area contributed by atoms with E-state index in [4.69, 9.17) is 4.74 Å². The van der Waals surface area contributed by atoms with E-state index in [1.54, 1.807) is 4.90 Å². The van der Waals surface area contributed by atoms with Gasteiger partial charge in [-0.2, -0.15) is 0 Å². The molecule has 130 valence electrons. The predicted molar refractivity (Wildman–Crippen MR) is 86.2 cm³/mol. The van der Waals surface area contributed by atoms with Gasteiger partial charge in [0.05, 0.1) is 6.26 Å². The maximum Gasteiger partial charge on any atom is 0.410 e. The fourth-order valence-corrected chi connectivity index (χ4v) is 2.75. The van der Waals surface area contributed by atoms with E-state index in [-0.39, 0.29) is 6.09 Å². The quantitative estimate of drug-likeness (QED) is 0.700. The van der Waals surface area contributed by atoms with Crippen molar-refractivity contribution >= 4 is 16.1 Å². The number of nitrogens with zero attached hydrogens (tertiary/aromatic N) is 1. The van der Waals surface area contributed by atoms with Crippen molar-refractivity contribution < 1.29 is 17.9 Å². The molecule has 0 spiro atoms. The second-order valence-corrected chi connectivity index (χ2v) is 8.61. The molecule has 1 aliphatic rings. The van der Waals surface area contributed by atoms with E-state index in [1.165, 1.54) is 0 Å². The van der Waals surface area contributed by atoms with Crippen LogP contribution < -0.4 is 10.0 Å². The number of piperidine rings is 1. The molecule has 0 atom stereocenters. The Labute approximate surface area is 133 Å². The number of likely N-dealkylation sites (tertiary alicyclic amines) is 1. The molecule has 1 saturated heterocycles. The minimum atomic E-state index is -3.11. The number of hydrogen-bond donors (Lipinski definition) is 2. The van der Waals surface area contributed by atoms with E-state index in [2.05, 4.69) is 10.0 Å². The largest absolute Gasteiger partial charge is 0.444 e. The molecule has 8 heteroatoms. The van der Waals surface area contributed by atoms with E-state index in [0.717, 1.165) is 25.6 Å². The molecule has 7 nitrogen and oxygen atoms in total. The number of carbonyl (C=O) groups is 1. The van der Waals surface area contributed by atoms with Gasteiger partial charge in [0, 0.05) is 26.2 Å². The Balaban J connectivity index is 2.16. The van der Waals surface area contributed by atoms with Crippen LogP contribution in [0.3, 0.4) is 0 Å². The molecule has 0 aromatic carbocycles. The lowest BCUT2D eigenvalue weighted by molar-refractivity contribution is 0.0184. The molecule has 0 bridgehead atoms. The molecule has 1 aliphatic heterocycles. The second kappa shape index (κ2) is 8.12. The molecule has 0 unspecified atom stereocenters. The average Bonchev–Trinajstić information content (AvgIpc) is 2.35. The summed E-state index contributed by atoms with van der Waals surface area (Å²) in [5.41, 5.74) is -0.456. The van der Waals surface area contributed by atoms with Gasteiger partial charge in [-0.1, -0.05) is 0 Å². The van der Waals surface area contributed by atoms with Crippen LogP contribution in [-0.2, 0) is 14.8 Å². The van der Waals surface area contributed by atoms with Gasteiger partial charge in [-0.15, -0.1) is 0 Å². The van der Waals surface area contributed by atoms with Gasteiger partial charge in [0.1, 0.15) is 5.60 Å². The highest BCUT2D eigenvalue weighted by molar-refractivity contribution is 7.88. The molecule has 0 saturated carbocycles. The lowest BCUT2D eigenvalue weighted by Gasteiger charge is -2.33. The number of ether oxygens (including phenoxy) is 1. The summed E-state index contributed by atoms with van der Waals surface area (Å²) in [5.74, 6) is 0.511. The highest BCUT2D eigenvalue weighted by Crippen LogP contribution is 2.19. The first-order chi connectivity index (χ1) is 10.1. The van der Waals surface area contributed by atoms with Crippen molar-refractivity contribution in [2.75, 3.05) is 39.0 Å². The fraction of sp³-hybridized carbons (Fsp3) is 0.929. The molecule has 0 radical (unpaired) electrons. The van der Waals surface area contributed by atoms with Crippen LogP contribution in [-0.4, -0.2) is 64.0 Å². The Morgan fingerprint density at radius 1 is 1.23 bits per heavy atom. The Bertz CT molecular complexity index is 451. The highest BCUT2D eigenvalue weighted by Gasteiger charge is 2.26. The lowest BCUT2D eigenvalue weighted by Crippen LogP contribution is -2.43. The van der Waals surface area contributed by atoms with E-state index in [9.17, 15) is 13.2 Å². The molecule has 1 fully saturated rings. The van der Waals surface area contributed by atoms with Crippen LogP contribution >= 0.6 is 0 Å². The van der Waals surface area contributed by atoms with Crippen LogP contribution in [0.4, 0.5) is 4.79 Å². The SMILES string of the molecule is CC(C)(C)OC(=O)N1CCC(CNCCNS(C)(=O)=O)CC1. The first kappa shape index (κ1) is 19.2. The zero-order chi connectivity index (χ0) is 16.8. The van der Waals surface area contributed by atoms with E-state index in [1.807, 2.05) is 20.8 Å². The maximum absolute atomic E-state index is 11.9. The first-order valence-electron chi connectivity index (χ1n) is 7.70. The molecule has 0 aromatic heterocycles. The third-order valence-corrected chi connectivity index (χ3v) is 4.09. The minimum absolute atomic E-state index is 0.240. The maximum atomic E-state index is 11.9. The van der Waals surface area contributed by atoms with Crippen molar-refractivity contribution in [3.63, 3.8) is 0 Å². The summed E-state index contributed by atoms with van der Waals surface area (Å²) in [5, 5.41) is 3.25. The van der Waals surface area contributed by atoms with Crippen molar-refractivity contribution in [2.24, 2.45) is 5.92 Å². The molecular formula is C14H29N3O4S. The second-order valence-electron chi connectivity index (χ2n) is 6.78. The van der Waals surface area contributed by atoms with Crippen LogP contribution in [0.25, 0.3) is 0 Å². The number of rotatable bonds is 6. The smallest absolute Gasteiger partial charge is 0.410 e. The predicted octanol–water partition coefficient (Wildman–Crippen LogP) is 0.772. The van der Waals surface area contributed by atoms with Crippen LogP contribution in [0.5, 0.6) is 0 Å². The van der Waals surface area contributed by atoms with Crippen LogP contribution in [0, 0.1) is 5.92 Å². The third kappa shape index (κ3) is 8.55.